The molecule has 1 aromatic heterocycles. The molecule has 1 heterocycles. The number of nitrogens with zero attached hydrogens (tertiary/aromatic N) is 5. The highest BCUT2D eigenvalue weighted by atomic mass is 79.9. The fraction of sp³-hybridized carbons (Fsp3) is 0.192. The van der Waals surface area contributed by atoms with Crippen molar-refractivity contribution in [2.75, 3.05) is 6.61 Å². The second-order valence-electron chi connectivity index (χ2n) is 8.18. The summed E-state index contributed by atoms with van der Waals surface area (Å²) in [5.41, 5.74) is 0.373. The van der Waals surface area contributed by atoms with Gasteiger partial charge >= 0.3 is 5.69 Å². The standard InChI is InChI=1S/C26H22BrN5O7/c1-3-24-29-21-9-8-18(27)13-20(21)26(33)30(24)28-14-17-11-22(32(36)37)25(23(12-17)38-4-2)39-15-16-6-5-7-19(10-16)31(34)35/h5-14H,3-4,15H2,1-2H3. The maximum atomic E-state index is 13.2. The average molecular weight is 596 g/mol. The molecule has 13 heteroatoms. The highest BCUT2D eigenvalue weighted by Gasteiger charge is 2.23. The van der Waals surface area contributed by atoms with Crippen molar-refractivity contribution in [2.45, 2.75) is 26.9 Å². The number of aryl methyl sites for hydroxylation is 1. The van der Waals surface area contributed by atoms with Crippen molar-refractivity contribution < 1.29 is 19.3 Å². The van der Waals surface area contributed by atoms with Gasteiger partial charge < -0.3 is 9.47 Å². The van der Waals surface area contributed by atoms with Gasteiger partial charge in [0.05, 0.1) is 33.6 Å². The number of nitro groups is 2. The Morgan fingerprint density at radius 2 is 1.85 bits per heavy atom. The Balaban J connectivity index is 1.73. The lowest BCUT2D eigenvalue weighted by atomic mass is 10.1. The van der Waals surface area contributed by atoms with Crippen molar-refractivity contribution in [3.63, 3.8) is 0 Å². The third-order valence-corrected chi connectivity index (χ3v) is 6.07. The van der Waals surface area contributed by atoms with Gasteiger partial charge in [0.15, 0.2) is 5.75 Å². The van der Waals surface area contributed by atoms with Crippen LogP contribution >= 0.6 is 15.9 Å². The monoisotopic (exact) mass is 595 g/mol. The van der Waals surface area contributed by atoms with Crippen LogP contribution in [0.3, 0.4) is 0 Å². The molecule has 39 heavy (non-hydrogen) atoms. The Bertz CT molecular complexity index is 1670. The maximum Gasteiger partial charge on any atom is 0.315 e. The molecule has 0 aliphatic carbocycles. The van der Waals surface area contributed by atoms with Gasteiger partial charge in [0.1, 0.15) is 12.4 Å². The van der Waals surface area contributed by atoms with Gasteiger partial charge in [-0.15, -0.1) is 0 Å². The van der Waals surface area contributed by atoms with Crippen LogP contribution in [-0.4, -0.2) is 32.3 Å². The minimum Gasteiger partial charge on any atom is -0.490 e. The molecule has 0 saturated heterocycles. The summed E-state index contributed by atoms with van der Waals surface area (Å²) >= 11 is 3.36. The number of aromatic nitrogens is 2. The van der Waals surface area contributed by atoms with E-state index in [1.807, 2.05) is 6.92 Å². The van der Waals surface area contributed by atoms with Gasteiger partial charge in [-0.05, 0) is 36.8 Å². The highest BCUT2D eigenvalue weighted by molar-refractivity contribution is 9.10. The zero-order valence-corrected chi connectivity index (χ0v) is 22.5. The van der Waals surface area contributed by atoms with Crippen molar-refractivity contribution >= 4 is 44.4 Å². The summed E-state index contributed by atoms with van der Waals surface area (Å²) in [5.74, 6) is 0.374. The summed E-state index contributed by atoms with van der Waals surface area (Å²) in [5, 5.41) is 27.7. The third-order valence-electron chi connectivity index (χ3n) is 5.57. The first kappa shape index (κ1) is 27.4. The molecule has 3 aromatic carbocycles. The molecule has 0 fully saturated rings. The van der Waals surface area contributed by atoms with Crippen LogP contribution in [0.1, 0.15) is 30.8 Å². The SMILES string of the molecule is CCOc1cc(C=Nn2c(CC)nc3ccc(Br)cc3c2=O)cc([N+](=O)[O-])c1OCc1cccc([N+](=O)[O-])c1. The van der Waals surface area contributed by atoms with E-state index in [2.05, 4.69) is 26.0 Å². The molecule has 0 aliphatic rings. The van der Waals surface area contributed by atoms with Crippen LogP contribution in [0.4, 0.5) is 11.4 Å². The van der Waals surface area contributed by atoms with Crippen molar-refractivity contribution in [1.29, 1.82) is 0 Å². The Labute approximate surface area is 229 Å². The van der Waals surface area contributed by atoms with E-state index >= 15 is 0 Å². The predicted octanol–water partition coefficient (Wildman–Crippen LogP) is 5.40. The largest absolute Gasteiger partial charge is 0.490 e. The molecular weight excluding hydrogens is 574 g/mol. The number of fused-ring (bicyclic) bond motifs is 1. The van der Waals surface area contributed by atoms with E-state index in [1.165, 1.54) is 36.5 Å². The molecule has 0 N–H and O–H groups in total. The van der Waals surface area contributed by atoms with E-state index in [-0.39, 0.29) is 41.5 Å². The quantitative estimate of drug-likeness (QED) is 0.134. The molecule has 0 bridgehead atoms. The first-order valence-corrected chi connectivity index (χ1v) is 12.6. The minimum absolute atomic E-state index is 0.0854. The van der Waals surface area contributed by atoms with E-state index < -0.39 is 15.5 Å². The number of nitro benzene ring substituents is 2. The molecule has 0 atom stereocenters. The summed E-state index contributed by atoms with van der Waals surface area (Å²) in [4.78, 5) is 39.5. The number of benzene rings is 3. The van der Waals surface area contributed by atoms with E-state index in [1.54, 1.807) is 31.2 Å². The van der Waals surface area contributed by atoms with Crippen molar-refractivity contribution in [3.05, 3.63) is 107 Å². The van der Waals surface area contributed by atoms with Crippen LogP contribution in [-0.2, 0) is 13.0 Å². The zero-order valence-electron chi connectivity index (χ0n) is 20.9. The second-order valence-corrected chi connectivity index (χ2v) is 9.09. The van der Waals surface area contributed by atoms with Crippen LogP contribution in [0, 0.1) is 20.2 Å². The van der Waals surface area contributed by atoms with Gasteiger partial charge in [0, 0.05) is 34.7 Å². The molecule has 0 spiro atoms. The summed E-state index contributed by atoms with van der Waals surface area (Å²) in [6.07, 6.45) is 1.74. The minimum atomic E-state index is -0.624. The summed E-state index contributed by atoms with van der Waals surface area (Å²) in [6.45, 7) is 3.57. The van der Waals surface area contributed by atoms with E-state index in [4.69, 9.17) is 9.47 Å². The lowest BCUT2D eigenvalue weighted by Crippen LogP contribution is -2.22. The highest BCUT2D eigenvalue weighted by Crippen LogP contribution is 2.39. The summed E-state index contributed by atoms with van der Waals surface area (Å²) < 4.78 is 13.2. The summed E-state index contributed by atoms with van der Waals surface area (Å²) in [6, 6.07) is 13.7. The van der Waals surface area contributed by atoms with E-state index in [9.17, 15) is 25.0 Å². The van der Waals surface area contributed by atoms with Crippen LogP contribution in [0.2, 0.25) is 0 Å². The van der Waals surface area contributed by atoms with Crippen molar-refractivity contribution in [3.8, 4) is 11.5 Å². The molecule has 0 aliphatic heterocycles. The van der Waals surface area contributed by atoms with Crippen LogP contribution in [0.15, 0.2) is 69.0 Å². The second kappa shape index (κ2) is 11.8. The van der Waals surface area contributed by atoms with E-state index in [0.717, 1.165) is 4.68 Å². The maximum absolute atomic E-state index is 13.2. The number of rotatable bonds is 10. The Morgan fingerprint density at radius 1 is 1.05 bits per heavy atom. The predicted molar refractivity (Wildman–Crippen MR) is 148 cm³/mol. The van der Waals surface area contributed by atoms with Crippen LogP contribution in [0.5, 0.6) is 11.5 Å². The zero-order chi connectivity index (χ0) is 28.1. The van der Waals surface area contributed by atoms with Gasteiger partial charge in [0.25, 0.3) is 11.2 Å². The van der Waals surface area contributed by atoms with Crippen LogP contribution < -0.4 is 15.0 Å². The van der Waals surface area contributed by atoms with Crippen molar-refractivity contribution in [2.24, 2.45) is 5.10 Å². The molecule has 0 unspecified atom stereocenters. The molecular formula is C26H22BrN5O7. The fourth-order valence-corrected chi connectivity index (χ4v) is 4.17. The molecule has 4 aromatic rings. The molecule has 4 rings (SSSR count). The van der Waals surface area contributed by atoms with E-state index in [0.29, 0.717) is 33.2 Å². The molecule has 0 saturated carbocycles. The smallest absolute Gasteiger partial charge is 0.315 e. The summed E-state index contributed by atoms with van der Waals surface area (Å²) in [7, 11) is 0. The molecule has 0 radical (unpaired) electrons. The molecule has 12 nitrogen and oxygen atoms in total. The number of hydrogen-bond donors (Lipinski definition) is 0. The first-order valence-electron chi connectivity index (χ1n) is 11.8. The van der Waals surface area contributed by atoms with Gasteiger partial charge in [-0.2, -0.15) is 9.78 Å². The first-order chi connectivity index (χ1) is 18.7. The van der Waals surface area contributed by atoms with Gasteiger partial charge in [-0.1, -0.05) is 35.0 Å². The Kier molecular flexibility index (Phi) is 8.30. The number of ether oxygens (including phenoxy) is 2. The Morgan fingerprint density at radius 3 is 2.54 bits per heavy atom. The molecule has 200 valence electrons. The lowest BCUT2D eigenvalue weighted by Gasteiger charge is -2.13. The third kappa shape index (κ3) is 6.09. The number of halogens is 1. The number of non-ortho nitro benzene ring substituents is 1. The fourth-order valence-electron chi connectivity index (χ4n) is 3.81. The normalized spacial score (nSPS) is 11.2. The van der Waals surface area contributed by atoms with Crippen molar-refractivity contribution in [1.82, 2.24) is 9.66 Å². The topological polar surface area (TPSA) is 152 Å². The van der Waals surface area contributed by atoms with Crippen LogP contribution in [0.25, 0.3) is 10.9 Å². The lowest BCUT2D eigenvalue weighted by molar-refractivity contribution is -0.386. The molecule has 0 amide bonds. The average Bonchev–Trinajstić information content (AvgIpc) is 2.92. The Hall–Kier alpha value is -4.65. The van der Waals surface area contributed by atoms with Gasteiger partial charge in [-0.3, -0.25) is 25.0 Å². The number of hydrogen-bond acceptors (Lipinski definition) is 9. The van der Waals surface area contributed by atoms with Gasteiger partial charge in [-0.25, -0.2) is 4.98 Å². The van der Waals surface area contributed by atoms with Gasteiger partial charge in [0.2, 0.25) is 5.75 Å².